The molecule has 0 spiro atoms. The van der Waals surface area contributed by atoms with Crippen LogP contribution in [0.1, 0.15) is 22.7 Å². The Bertz CT molecular complexity index is 1730. The third kappa shape index (κ3) is 4.46. The number of aryl methyl sites for hydroxylation is 1. The summed E-state index contributed by atoms with van der Waals surface area (Å²) in [6, 6.07) is 5.91. The molecule has 3 amide bonds. The molecule has 14 nitrogen and oxygen atoms in total. The van der Waals surface area contributed by atoms with Gasteiger partial charge in [-0.25, -0.2) is 19.3 Å². The zero-order valence-corrected chi connectivity index (χ0v) is 21.1. The molecule has 2 aromatic heterocycles. The quantitative estimate of drug-likeness (QED) is 0.281. The normalized spacial score (nSPS) is 17.0. The highest BCUT2D eigenvalue weighted by atomic mass is 19.1. The molecule has 3 aromatic rings. The molecule has 0 aliphatic carbocycles. The number of carbonyl (C=O) groups excluding carboxylic acids is 3. The fourth-order valence-electron chi connectivity index (χ4n) is 4.89. The van der Waals surface area contributed by atoms with E-state index in [2.05, 4.69) is 40.5 Å². The van der Waals surface area contributed by atoms with E-state index in [0.717, 1.165) is 11.1 Å². The highest BCUT2D eigenvalue weighted by Crippen LogP contribution is 2.28. The molecule has 0 saturated carbocycles. The fourth-order valence-corrected chi connectivity index (χ4v) is 4.89. The average molecular weight is 544 g/mol. The molecule has 1 fully saturated rings. The lowest BCUT2D eigenvalue weighted by atomic mass is 10.0. The summed E-state index contributed by atoms with van der Waals surface area (Å²) >= 11 is 0. The number of anilines is 1. The van der Waals surface area contributed by atoms with Gasteiger partial charge in [-0.2, -0.15) is 15.3 Å². The van der Waals surface area contributed by atoms with Crippen LogP contribution in [0.2, 0.25) is 0 Å². The summed E-state index contributed by atoms with van der Waals surface area (Å²) in [5.74, 6) is -0.813. The van der Waals surface area contributed by atoms with Gasteiger partial charge in [-0.1, -0.05) is 6.07 Å². The maximum atomic E-state index is 14.6. The number of hydrogen-bond acceptors (Lipinski definition) is 9. The van der Waals surface area contributed by atoms with E-state index < -0.39 is 29.9 Å². The minimum atomic E-state index is -1.39. The van der Waals surface area contributed by atoms with E-state index in [4.69, 9.17) is 5.73 Å². The summed E-state index contributed by atoms with van der Waals surface area (Å²) in [6.07, 6.45) is 2.86. The standard InChI is InChI=1S/C25H22FN11O3/c1-12-32-23-21(28-11-29-23)24(33-12)34-25(40)18-7-15(26)9-36(18)19(38)10-37-17-3-2-13(14-4-5-30-31-8-14)6-16(17)20(35-37)22(27)39/h2-6,8,11,15,18H,7,9-10H2,1H3,(H2,27,39)(H2,28,29,32,33,34,40). The number of nitrogens with zero attached hydrogens (tertiary/aromatic N) is 8. The largest absolute Gasteiger partial charge is 0.364 e. The van der Waals surface area contributed by atoms with Gasteiger partial charge in [0.2, 0.25) is 11.8 Å². The zero-order chi connectivity index (χ0) is 28.0. The highest BCUT2D eigenvalue weighted by molar-refractivity contribution is 6.05. The van der Waals surface area contributed by atoms with E-state index in [-0.39, 0.29) is 31.0 Å². The van der Waals surface area contributed by atoms with Crippen molar-refractivity contribution in [1.82, 2.24) is 44.8 Å². The molecular formula is C25H22FN11O3. The van der Waals surface area contributed by atoms with Crippen LogP contribution >= 0.6 is 0 Å². The van der Waals surface area contributed by atoms with Gasteiger partial charge in [-0.05, 0) is 30.7 Å². The molecule has 2 unspecified atom stereocenters. The lowest BCUT2D eigenvalue weighted by Crippen LogP contribution is -2.44. The van der Waals surface area contributed by atoms with E-state index in [9.17, 15) is 18.8 Å². The topological polar surface area (TPSA) is 191 Å². The summed E-state index contributed by atoms with van der Waals surface area (Å²) < 4.78 is 15.9. The Labute approximate surface area is 225 Å². The predicted octanol–water partition coefficient (Wildman–Crippen LogP) is 1.10. The smallest absolute Gasteiger partial charge is 0.269 e. The molecule has 0 bridgehead atoms. The molecule has 4 N–H and O–H groups in total. The first-order chi connectivity index (χ1) is 19.3. The maximum absolute atomic E-state index is 14.6. The molecule has 1 saturated heterocycles. The summed E-state index contributed by atoms with van der Waals surface area (Å²) in [6.45, 7) is 1.09. The van der Waals surface area contributed by atoms with E-state index in [1.807, 2.05) is 0 Å². The maximum Gasteiger partial charge on any atom is 0.269 e. The van der Waals surface area contributed by atoms with Gasteiger partial charge in [-0.3, -0.25) is 19.1 Å². The molecule has 6 rings (SSSR count). The van der Waals surface area contributed by atoms with Crippen molar-refractivity contribution in [2.75, 3.05) is 11.9 Å². The van der Waals surface area contributed by atoms with Gasteiger partial charge < -0.3 is 20.9 Å². The van der Waals surface area contributed by atoms with Crippen molar-refractivity contribution in [2.45, 2.75) is 32.1 Å². The monoisotopic (exact) mass is 543 g/mol. The molecule has 1 aromatic carbocycles. The lowest BCUT2D eigenvalue weighted by molar-refractivity contribution is -0.137. The van der Waals surface area contributed by atoms with E-state index in [1.165, 1.54) is 15.9 Å². The van der Waals surface area contributed by atoms with Crippen LogP contribution < -0.4 is 11.1 Å². The number of primary amides is 1. The fraction of sp³-hybridized carbons (Fsp3) is 0.240. The van der Waals surface area contributed by atoms with Crippen LogP contribution in [0.5, 0.6) is 0 Å². The van der Waals surface area contributed by atoms with Gasteiger partial charge in [0.25, 0.3) is 5.91 Å². The summed E-state index contributed by atoms with van der Waals surface area (Å²) in [5.41, 5.74) is 7.89. The lowest BCUT2D eigenvalue weighted by Gasteiger charge is -2.24. The van der Waals surface area contributed by atoms with Gasteiger partial charge in [0.15, 0.2) is 17.2 Å². The number of halogens is 1. The molecule has 15 heteroatoms. The van der Waals surface area contributed by atoms with Gasteiger partial charge in [0.1, 0.15) is 36.7 Å². The number of aromatic nitrogens is 8. The molecule has 202 valence electrons. The van der Waals surface area contributed by atoms with Gasteiger partial charge in [-0.15, -0.1) is 0 Å². The van der Waals surface area contributed by atoms with Crippen LogP contribution in [0, 0.1) is 6.92 Å². The number of imidazole rings is 1. The molecule has 3 aliphatic heterocycles. The second kappa shape index (κ2) is 9.76. The van der Waals surface area contributed by atoms with E-state index in [0.29, 0.717) is 28.2 Å². The molecular weight excluding hydrogens is 521 g/mol. The van der Waals surface area contributed by atoms with Crippen LogP contribution in [-0.2, 0) is 16.1 Å². The number of fused-ring (bicyclic) bond motifs is 2. The van der Waals surface area contributed by atoms with Crippen molar-refractivity contribution in [3.05, 3.63) is 54.5 Å². The number of alkyl halides is 1. The number of benzene rings is 1. The number of H-pyrrole nitrogens is 1. The molecule has 0 radical (unpaired) electrons. The Morgan fingerprint density at radius 3 is 2.80 bits per heavy atom. The summed E-state index contributed by atoms with van der Waals surface area (Å²) in [5, 5.41) is 15.1. The van der Waals surface area contributed by atoms with Crippen molar-refractivity contribution in [3.63, 3.8) is 0 Å². The average Bonchev–Trinajstić information content (AvgIpc) is 3.66. The van der Waals surface area contributed by atoms with E-state index >= 15 is 0 Å². The van der Waals surface area contributed by atoms with Crippen molar-refractivity contribution in [3.8, 4) is 22.6 Å². The number of carbonyl (C=O) groups is 3. The summed E-state index contributed by atoms with van der Waals surface area (Å²) in [7, 11) is 0. The first kappa shape index (κ1) is 25.0. The van der Waals surface area contributed by atoms with Crippen molar-refractivity contribution < 1.29 is 18.8 Å². The third-order valence-electron chi connectivity index (χ3n) is 6.70. The Morgan fingerprint density at radius 2 is 2.02 bits per heavy atom. The molecule has 40 heavy (non-hydrogen) atoms. The minimum Gasteiger partial charge on any atom is -0.364 e. The van der Waals surface area contributed by atoms with Crippen LogP contribution in [0.3, 0.4) is 0 Å². The van der Waals surface area contributed by atoms with Crippen LogP contribution in [-0.4, -0.2) is 81.3 Å². The SMILES string of the molecule is Cc1nc2ncnc-2c(NC(=O)C2CC(F)CN2C(=O)Cn2nc(C(N)=O)c3cc(-c4ccnnc4)ccc32)[nH]1. The summed E-state index contributed by atoms with van der Waals surface area (Å²) in [4.78, 5) is 55.3. The Morgan fingerprint density at radius 1 is 1.18 bits per heavy atom. The number of hydrogen-bond donors (Lipinski definition) is 3. The number of likely N-dealkylation sites (tertiary alicyclic amines) is 1. The predicted molar refractivity (Wildman–Crippen MR) is 138 cm³/mol. The minimum absolute atomic E-state index is 0.0193. The van der Waals surface area contributed by atoms with Crippen LogP contribution in [0.15, 0.2) is 43.0 Å². The Kier molecular flexibility index (Phi) is 6.09. The van der Waals surface area contributed by atoms with Crippen LogP contribution in [0.4, 0.5) is 10.2 Å². The van der Waals surface area contributed by atoms with Gasteiger partial charge in [0.05, 0.1) is 24.5 Å². The number of nitrogens with one attached hydrogen (secondary N) is 2. The first-order valence-corrected chi connectivity index (χ1v) is 12.3. The van der Waals surface area contributed by atoms with Gasteiger partial charge >= 0.3 is 0 Å². The molecule has 5 heterocycles. The second-order valence-corrected chi connectivity index (χ2v) is 9.36. The van der Waals surface area contributed by atoms with Crippen LogP contribution in [0.25, 0.3) is 33.5 Å². The Hall–Kier alpha value is -5.34. The first-order valence-electron chi connectivity index (χ1n) is 12.3. The Balaban J connectivity index is 1.26. The van der Waals surface area contributed by atoms with Crippen molar-refractivity contribution in [1.29, 1.82) is 0 Å². The highest BCUT2D eigenvalue weighted by Gasteiger charge is 2.40. The number of amides is 3. The number of rotatable bonds is 6. The van der Waals surface area contributed by atoms with E-state index in [1.54, 1.807) is 43.6 Å². The molecule has 2 atom stereocenters. The third-order valence-corrected chi connectivity index (χ3v) is 6.70. The molecule has 3 aliphatic rings. The second-order valence-electron chi connectivity index (χ2n) is 9.36. The number of nitrogens with two attached hydrogens (primary N) is 1. The van der Waals surface area contributed by atoms with Gasteiger partial charge in [0, 0.05) is 17.4 Å². The van der Waals surface area contributed by atoms with Crippen molar-refractivity contribution >= 4 is 34.4 Å². The van der Waals surface area contributed by atoms with Crippen molar-refractivity contribution in [2.24, 2.45) is 5.73 Å². The zero-order valence-electron chi connectivity index (χ0n) is 21.1. The number of aromatic amines is 1.